The minimum atomic E-state index is -0.824. The standard InChI is InChI=1S/C15H15F2N3O/c1-2-6-19-13-5-7-18-9-11(13)15(21)20-14-4-3-10(16)8-12(14)17/h3-5,7-9H,2,6H2,1H3,(H,18,19)(H,20,21). The Hall–Kier alpha value is -2.50. The number of carbonyl (C=O) groups is 1. The van der Waals surface area contributed by atoms with Gasteiger partial charge in [0.25, 0.3) is 5.91 Å². The van der Waals surface area contributed by atoms with E-state index in [-0.39, 0.29) is 5.69 Å². The molecule has 0 aliphatic carbocycles. The number of rotatable bonds is 5. The van der Waals surface area contributed by atoms with Crippen molar-refractivity contribution in [1.29, 1.82) is 0 Å². The molecule has 0 radical (unpaired) electrons. The Labute approximate surface area is 121 Å². The first-order chi connectivity index (χ1) is 10.1. The Balaban J connectivity index is 2.20. The number of nitrogens with one attached hydrogen (secondary N) is 2. The van der Waals surface area contributed by atoms with Gasteiger partial charge in [-0.15, -0.1) is 0 Å². The number of hydrogen-bond acceptors (Lipinski definition) is 3. The Morgan fingerprint density at radius 1 is 1.24 bits per heavy atom. The van der Waals surface area contributed by atoms with E-state index in [9.17, 15) is 13.6 Å². The van der Waals surface area contributed by atoms with Crippen molar-refractivity contribution in [1.82, 2.24) is 4.98 Å². The van der Waals surface area contributed by atoms with Gasteiger partial charge in [-0.2, -0.15) is 0 Å². The van der Waals surface area contributed by atoms with E-state index in [1.807, 2.05) is 6.92 Å². The molecule has 2 aromatic rings. The van der Waals surface area contributed by atoms with Crippen molar-refractivity contribution in [3.05, 3.63) is 53.9 Å². The summed E-state index contributed by atoms with van der Waals surface area (Å²) in [5.41, 5.74) is 0.841. The van der Waals surface area contributed by atoms with Crippen LogP contribution in [0.5, 0.6) is 0 Å². The third kappa shape index (κ3) is 3.75. The van der Waals surface area contributed by atoms with E-state index in [1.54, 1.807) is 12.3 Å². The smallest absolute Gasteiger partial charge is 0.259 e. The second-order valence-electron chi connectivity index (χ2n) is 4.43. The summed E-state index contributed by atoms with van der Waals surface area (Å²) in [6, 6.07) is 4.65. The summed E-state index contributed by atoms with van der Waals surface area (Å²) in [5.74, 6) is -2.03. The molecular formula is C15H15F2N3O. The van der Waals surface area contributed by atoms with Crippen molar-refractivity contribution in [2.75, 3.05) is 17.2 Å². The second-order valence-corrected chi connectivity index (χ2v) is 4.43. The van der Waals surface area contributed by atoms with Crippen LogP contribution in [0.1, 0.15) is 23.7 Å². The highest BCUT2D eigenvalue weighted by Gasteiger charge is 2.13. The molecule has 110 valence electrons. The molecule has 1 heterocycles. The summed E-state index contributed by atoms with van der Waals surface area (Å²) in [7, 11) is 0. The van der Waals surface area contributed by atoms with E-state index < -0.39 is 17.5 Å². The highest BCUT2D eigenvalue weighted by molar-refractivity contribution is 6.07. The number of carbonyl (C=O) groups excluding carboxylic acids is 1. The van der Waals surface area contributed by atoms with E-state index in [2.05, 4.69) is 15.6 Å². The first kappa shape index (κ1) is 14.9. The van der Waals surface area contributed by atoms with Crippen molar-refractivity contribution in [2.45, 2.75) is 13.3 Å². The molecule has 4 nitrogen and oxygen atoms in total. The largest absolute Gasteiger partial charge is 0.384 e. The lowest BCUT2D eigenvalue weighted by Gasteiger charge is -2.11. The van der Waals surface area contributed by atoms with Crippen molar-refractivity contribution in [3.8, 4) is 0 Å². The van der Waals surface area contributed by atoms with Gasteiger partial charge in [-0.25, -0.2) is 8.78 Å². The SMILES string of the molecule is CCCNc1ccncc1C(=O)Nc1ccc(F)cc1F. The molecule has 0 aliphatic heterocycles. The zero-order valence-electron chi connectivity index (χ0n) is 11.5. The highest BCUT2D eigenvalue weighted by Crippen LogP contribution is 2.19. The van der Waals surface area contributed by atoms with Crippen molar-refractivity contribution < 1.29 is 13.6 Å². The van der Waals surface area contributed by atoms with E-state index in [1.165, 1.54) is 12.3 Å². The first-order valence-electron chi connectivity index (χ1n) is 6.56. The molecule has 0 aliphatic rings. The van der Waals surface area contributed by atoms with Crippen molar-refractivity contribution >= 4 is 17.3 Å². The summed E-state index contributed by atoms with van der Waals surface area (Å²) in [5, 5.41) is 5.51. The maximum atomic E-state index is 13.5. The van der Waals surface area contributed by atoms with Gasteiger partial charge < -0.3 is 10.6 Å². The number of halogens is 2. The number of aromatic nitrogens is 1. The summed E-state index contributed by atoms with van der Waals surface area (Å²) in [6.45, 7) is 2.71. The van der Waals surface area contributed by atoms with Crippen LogP contribution in [0.2, 0.25) is 0 Å². The lowest BCUT2D eigenvalue weighted by atomic mass is 10.2. The monoisotopic (exact) mass is 291 g/mol. The van der Waals surface area contributed by atoms with Gasteiger partial charge in [0.05, 0.1) is 16.9 Å². The summed E-state index contributed by atoms with van der Waals surface area (Å²) < 4.78 is 26.4. The normalized spacial score (nSPS) is 10.2. The number of benzene rings is 1. The molecular weight excluding hydrogens is 276 g/mol. The summed E-state index contributed by atoms with van der Waals surface area (Å²) in [4.78, 5) is 16.1. The fourth-order valence-corrected chi connectivity index (χ4v) is 1.77. The Morgan fingerprint density at radius 3 is 2.76 bits per heavy atom. The maximum absolute atomic E-state index is 13.5. The van der Waals surface area contributed by atoms with Gasteiger partial charge >= 0.3 is 0 Å². The topological polar surface area (TPSA) is 54.0 Å². The Kier molecular flexibility index (Phi) is 4.81. The molecule has 1 aromatic heterocycles. The van der Waals surface area contributed by atoms with Gasteiger partial charge in [0.1, 0.15) is 11.6 Å². The van der Waals surface area contributed by atoms with Crippen LogP contribution in [0.3, 0.4) is 0 Å². The number of anilines is 2. The van der Waals surface area contributed by atoms with Gasteiger partial charge in [0.15, 0.2) is 0 Å². The minimum Gasteiger partial charge on any atom is -0.384 e. The maximum Gasteiger partial charge on any atom is 0.259 e. The molecule has 0 unspecified atom stereocenters. The van der Waals surface area contributed by atoms with Gasteiger partial charge in [0, 0.05) is 25.0 Å². The molecule has 0 atom stereocenters. The van der Waals surface area contributed by atoms with E-state index in [0.717, 1.165) is 18.6 Å². The third-order valence-electron chi connectivity index (χ3n) is 2.81. The van der Waals surface area contributed by atoms with Crippen LogP contribution in [-0.4, -0.2) is 17.4 Å². The van der Waals surface area contributed by atoms with Crippen LogP contribution in [0, 0.1) is 11.6 Å². The molecule has 0 bridgehead atoms. The van der Waals surface area contributed by atoms with Crippen LogP contribution in [-0.2, 0) is 0 Å². The molecule has 1 amide bonds. The highest BCUT2D eigenvalue weighted by atomic mass is 19.1. The van der Waals surface area contributed by atoms with Crippen LogP contribution in [0.15, 0.2) is 36.7 Å². The molecule has 2 rings (SSSR count). The zero-order valence-corrected chi connectivity index (χ0v) is 11.5. The molecule has 21 heavy (non-hydrogen) atoms. The molecule has 6 heteroatoms. The molecule has 0 fully saturated rings. The average Bonchev–Trinajstić information content (AvgIpc) is 2.48. The van der Waals surface area contributed by atoms with Crippen LogP contribution in [0.25, 0.3) is 0 Å². The predicted molar refractivity (Wildman–Crippen MR) is 77.3 cm³/mol. The molecule has 1 aromatic carbocycles. The fraction of sp³-hybridized carbons (Fsp3) is 0.200. The Morgan fingerprint density at radius 2 is 2.05 bits per heavy atom. The number of hydrogen-bond donors (Lipinski definition) is 2. The second kappa shape index (κ2) is 6.78. The molecule has 0 saturated heterocycles. The minimum absolute atomic E-state index is 0.0771. The van der Waals surface area contributed by atoms with E-state index >= 15 is 0 Å². The Bertz CT molecular complexity index is 647. The van der Waals surface area contributed by atoms with Crippen molar-refractivity contribution in [3.63, 3.8) is 0 Å². The summed E-state index contributed by atoms with van der Waals surface area (Å²) in [6.07, 6.45) is 3.86. The molecule has 0 spiro atoms. The van der Waals surface area contributed by atoms with Gasteiger partial charge in [-0.05, 0) is 24.6 Å². The average molecular weight is 291 g/mol. The lowest BCUT2D eigenvalue weighted by molar-refractivity contribution is 0.102. The van der Waals surface area contributed by atoms with Crippen LogP contribution in [0.4, 0.5) is 20.2 Å². The lowest BCUT2D eigenvalue weighted by Crippen LogP contribution is -2.16. The zero-order chi connectivity index (χ0) is 15.2. The predicted octanol–water partition coefficient (Wildman–Crippen LogP) is 3.43. The number of amides is 1. The molecule has 2 N–H and O–H groups in total. The van der Waals surface area contributed by atoms with E-state index in [0.29, 0.717) is 17.8 Å². The van der Waals surface area contributed by atoms with Crippen molar-refractivity contribution in [2.24, 2.45) is 0 Å². The van der Waals surface area contributed by atoms with Gasteiger partial charge in [-0.1, -0.05) is 6.92 Å². The summed E-state index contributed by atoms with van der Waals surface area (Å²) >= 11 is 0. The quantitative estimate of drug-likeness (QED) is 0.887. The van der Waals surface area contributed by atoms with Gasteiger partial charge in [0.2, 0.25) is 0 Å². The molecule has 0 saturated carbocycles. The van der Waals surface area contributed by atoms with E-state index in [4.69, 9.17) is 0 Å². The van der Waals surface area contributed by atoms with Crippen LogP contribution >= 0.6 is 0 Å². The van der Waals surface area contributed by atoms with Gasteiger partial charge in [-0.3, -0.25) is 9.78 Å². The van der Waals surface area contributed by atoms with Crippen LogP contribution < -0.4 is 10.6 Å². The first-order valence-corrected chi connectivity index (χ1v) is 6.56. The fourth-order valence-electron chi connectivity index (χ4n) is 1.77. The third-order valence-corrected chi connectivity index (χ3v) is 2.81. The number of pyridine rings is 1. The number of nitrogens with zero attached hydrogens (tertiary/aromatic N) is 1.